The van der Waals surface area contributed by atoms with E-state index in [0.717, 1.165) is 0 Å². The van der Waals surface area contributed by atoms with E-state index in [4.69, 9.17) is 17.3 Å². The van der Waals surface area contributed by atoms with Crippen LogP contribution in [0.2, 0.25) is 5.02 Å². The smallest absolute Gasteiger partial charge is 0.255 e. The predicted octanol–water partition coefficient (Wildman–Crippen LogP) is 2.57. The highest BCUT2D eigenvalue weighted by Crippen LogP contribution is 2.20. The van der Waals surface area contributed by atoms with E-state index in [1.165, 1.54) is 0 Å². The van der Waals surface area contributed by atoms with Gasteiger partial charge in [0.1, 0.15) is 0 Å². The van der Waals surface area contributed by atoms with Crippen LogP contribution >= 0.6 is 11.6 Å². The fourth-order valence-corrected chi connectivity index (χ4v) is 1.66. The Morgan fingerprint density at radius 3 is 2.81 bits per heavy atom. The molecular formula is C12H15ClN2O. The Morgan fingerprint density at radius 2 is 2.31 bits per heavy atom. The van der Waals surface area contributed by atoms with Crippen molar-refractivity contribution in [2.75, 3.05) is 18.8 Å². The molecule has 0 fully saturated rings. The molecule has 0 atom stereocenters. The highest BCUT2D eigenvalue weighted by molar-refractivity contribution is 6.34. The van der Waals surface area contributed by atoms with Crippen molar-refractivity contribution in [3.63, 3.8) is 0 Å². The van der Waals surface area contributed by atoms with Gasteiger partial charge in [-0.3, -0.25) is 4.79 Å². The lowest BCUT2D eigenvalue weighted by molar-refractivity contribution is 0.0782. The minimum absolute atomic E-state index is 0.104. The van der Waals surface area contributed by atoms with Gasteiger partial charge in [0, 0.05) is 18.8 Å². The molecule has 1 aromatic rings. The lowest BCUT2D eigenvalue weighted by Crippen LogP contribution is -2.31. The summed E-state index contributed by atoms with van der Waals surface area (Å²) in [7, 11) is 0. The monoisotopic (exact) mass is 238 g/mol. The van der Waals surface area contributed by atoms with E-state index in [9.17, 15) is 4.79 Å². The van der Waals surface area contributed by atoms with Gasteiger partial charge in [0.2, 0.25) is 0 Å². The highest BCUT2D eigenvalue weighted by Gasteiger charge is 2.15. The molecule has 0 aliphatic heterocycles. The molecule has 0 aliphatic rings. The number of anilines is 1. The summed E-state index contributed by atoms with van der Waals surface area (Å²) in [6.45, 7) is 6.65. The first-order valence-electron chi connectivity index (χ1n) is 5.05. The zero-order valence-corrected chi connectivity index (χ0v) is 10.00. The SMILES string of the molecule is C=CCN(CC)C(=O)c1ccc(N)cc1Cl. The molecule has 0 aliphatic carbocycles. The summed E-state index contributed by atoms with van der Waals surface area (Å²) in [6.07, 6.45) is 1.69. The zero-order valence-electron chi connectivity index (χ0n) is 9.24. The van der Waals surface area contributed by atoms with E-state index < -0.39 is 0 Å². The number of amides is 1. The fourth-order valence-electron chi connectivity index (χ4n) is 1.39. The quantitative estimate of drug-likeness (QED) is 0.647. The second-order valence-corrected chi connectivity index (χ2v) is 3.78. The van der Waals surface area contributed by atoms with E-state index >= 15 is 0 Å². The van der Waals surface area contributed by atoms with Gasteiger partial charge in [-0.05, 0) is 25.1 Å². The molecule has 1 aromatic carbocycles. The molecule has 0 saturated heterocycles. The van der Waals surface area contributed by atoms with Gasteiger partial charge < -0.3 is 10.6 Å². The number of carbonyl (C=O) groups is 1. The average Bonchev–Trinajstić information content (AvgIpc) is 2.25. The number of hydrogen-bond donors (Lipinski definition) is 1. The maximum Gasteiger partial charge on any atom is 0.255 e. The predicted molar refractivity (Wildman–Crippen MR) is 67.6 cm³/mol. The third kappa shape index (κ3) is 2.76. The number of carbonyl (C=O) groups excluding carboxylic acids is 1. The van der Waals surface area contributed by atoms with E-state index in [1.54, 1.807) is 29.2 Å². The molecule has 0 saturated carbocycles. The molecular weight excluding hydrogens is 224 g/mol. The summed E-state index contributed by atoms with van der Waals surface area (Å²) in [5.74, 6) is -0.104. The lowest BCUT2D eigenvalue weighted by Gasteiger charge is -2.19. The number of nitrogens with zero attached hydrogens (tertiary/aromatic N) is 1. The van der Waals surface area contributed by atoms with Crippen LogP contribution < -0.4 is 5.73 Å². The van der Waals surface area contributed by atoms with Gasteiger partial charge in [-0.1, -0.05) is 17.7 Å². The lowest BCUT2D eigenvalue weighted by atomic mass is 10.2. The van der Waals surface area contributed by atoms with Gasteiger partial charge in [-0.15, -0.1) is 6.58 Å². The van der Waals surface area contributed by atoms with Gasteiger partial charge in [0.25, 0.3) is 5.91 Å². The molecule has 86 valence electrons. The Bertz CT molecular complexity index is 404. The number of rotatable bonds is 4. The number of likely N-dealkylation sites (N-methyl/N-ethyl adjacent to an activating group) is 1. The molecule has 0 heterocycles. The molecule has 0 bridgehead atoms. The van der Waals surface area contributed by atoms with Gasteiger partial charge in [0.15, 0.2) is 0 Å². The Balaban J connectivity index is 2.98. The van der Waals surface area contributed by atoms with Crippen LogP contribution in [-0.2, 0) is 0 Å². The Morgan fingerprint density at radius 1 is 1.62 bits per heavy atom. The van der Waals surface area contributed by atoms with Gasteiger partial charge in [-0.25, -0.2) is 0 Å². The van der Waals surface area contributed by atoms with Crippen LogP contribution in [0, 0.1) is 0 Å². The van der Waals surface area contributed by atoms with Gasteiger partial charge >= 0.3 is 0 Å². The summed E-state index contributed by atoms with van der Waals surface area (Å²) in [5, 5.41) is 0.382. The highest BCUT2D eigenvalue weighted by atomic mass is 35.5. The number of benzene rings is 1. The van der Waals surface area contributed by atoms with Crippen molar-refractivity contribution in [2.24, 2.45) is 0 Å². The number of halogens is 1. The van der Waals surface area contributed by atoms with Crippen LogP contribution in [0.15, 0.2) is 30.9 Å². The minimum Gasteiger partial charge on any atom is -0.399 e. The van der Waals surface area contributed by atoms with Crippen molar-refractivity contribution in [1.82, 2.24) is 4.90 Å². The molecule has 16 heavy (non-hydrogen) atoms. The largest absolute Gasteiger partial charge is 0.399 e. The van der Waals surface area contributed by atoms with Crippen LogP contribution in [0.1, 0.15) is 17.3 Å². The van der Waals surface area contributed by atoms with Crippen LogP contribution in [0.4, 0.5) is 5.69 Å². The summed E-state index contributed by atoms with van der Waals surface area (Å²) in [5.41, 5.74) is 6.59. The zero-order chi connectivity index (χ0) is 12.1. The summed E-state index contributed by atoms with van der Waals surface area (Å²) in [4.78, 5) is 13.7. The molecule has 4 heteroatoms. The van der Waals surface area contributed by atoms with Gasteiger partial charge in [-0.2, -0.15) is 0 Å². The maximum absolute atomic E-state index is 12.1. The molecule has 1 rings (SSSR count). The molecule has 0 spiro atoms. The molecule has 0 aromatic heterocycles. The Kier molecular flexibility index (Phi) is 4.38. The topological polar surface area (TPSA) is 46.3 Å². The van der Waals surface area contributed by atoms with Crippen molar-refractivity contribution >= 4 is 23.2 Å². The second-order valence-electron chi connectivity index (χ2n) is 3.37. The minimum atomic E-state index is -0.104. The second kappa shape index (κ2) is 5.56. The number of nitrogens with two attached hydrogens (primary N) is 1. The van der Waals surface area contributed by atoms with Crippen LogP contribution in [-0.4, -0.2) is 23.9 Å². The molecule has 0 radical (unpaired) electrons. The standard InChI is InChI=1S/C12H15ClN2O/c1-3-7-15(4-2)12(16)10-6-5-9(14)8-11(10)13/h3,5-6,8H,1,4,7,14H2,2H3. The van der Waals surface area contributed by atoms with Crippen molar-refractivity contribution in [1.29, 1.82) is 0 Å². The Hall–Kier alpha value is -1.48. The van der Waals surface area contributed by atoms with Crippen molar-refractivity contribution in [2.45, 2.75) is 6.92 Å². The Labute approximate surface area is 100 Å². The summed E-state index contributed by atoms with van der Waals surface area (Å²) >= 11 is 5.97. The van der Waals surface area contributed by atoms with E-state index in [0.29, 0.717) is 29.4 Å². The number of hydrogen-bond acceptors (Lipinski definition) is 2. The molecule has 3 nitrogen and oxygen atoms in total. The number of nitrogen functional groups attached to an aromatic ring is 1. The molecule has 2 N–H and O–H groups in total. The van der Waals surface area contributed by atoms with Crippen molar-refractivity contribution < 1.29 is 4.79 Å². The first kappa shape index (κ1) is 12.6. The van der Waals surface area contributed by atoms with E-state index in [1.807, 2.05) is 6.92 Å². The third-order valence-corrected chi connectivity index (χ3v) is 2.55. The average molecular weight is 239 g/mol. The van der Waals surface area contributed by atoms with Gasteiger partial charge in [0.05, 0.1) is 10.6 Å². The van der Waals surface area contributed by atoms with E-state index in [-0.39, 0.29) is 5.91 Å². The van der Waals surface area contributed by atoms with Crippen LogP contribution in [0.5, 0.6) is 0 Å². The van der Waals surface area contributed by atoms with Crippen LogP contribution in [0.3, 0.4) is 0 Å². The molecule has 1 amide bonds. The summed E-state index contributed by atoms with van der Waals surface area (Å²) in [6, 6.07) is 4.89. The van der Waals surface area contributed by atoms with E-state index in [2.05, 4.69) is 6.58 Å². The maximum atomic E-state index is 12.1. The normalized spacial score (nSPS) is 9.88. The first-order valence-corrected chi connectivity index (χ1v) is 5.43. The molecule has 0 unspecified atom stereocenters. The fraction of sp³-hybridized carbons (Fsp3) is 0.250. The summed E-state index contributed by atoms with van der Waals surface area (Å²) < 4.78 is 0. The van der Waals surface area contributed by atoms with Crippen LogP contribution in [0.25, 0.3) is 0 Å². The van der Waals surface area contributed by atoms with Crippen molar-refractivity contribution in [3.05, 3.63) is 41.4 Å². The third-order valence-electron chi connectivity index (χ3n) is 2.24. The first-order chi connectivity index (χ1) is 7.60. The van der Waals surface area contributed by atoms with Crippen molar-refractivity contribution in [3.8, 4) is 0 Å².